The summed E-state index contributed by atoms with van der Waals surface area (Å²) in [7, 11) is 1.91. The lowest BCUT2D eigenvalue weighted by atomic mass is 10.7. The maximum atomic E-state index is 5.71. The second-order valence-corrected chi connectivity index (χ2v) is 2.84. The van der Waals surface area contributed by atoms with Crippen LogP contribution in [0.15, 0.2) is 6.20 Å². The number of nitrogens with zero attached hydrogens (tertiary/aromatic N) is 2. The van der Waals surface area contributed by atoms with Crippen LogP contribution < -0.4 is 0 Å². The lowest BCUT2D eigenvalue weighted by molar-refractivity contribution is 0.856. The smallest absolute Gasteiger partial charge is 0.128 e. The van der Waals surface area contributed by atoms with E-state index in [9.17, 15) is 0 Å². The molecule has 0 spiro atoms. The van der Waals surface area contributed by atoms with Crippen molar-refractivity contribution in [3.8, 4) is 0 Å². The molecular formula is C5H6ClIN2. The summed E-state index contributed by atoms with van der Waals surface area (Å²) in [6.45, 7) is 0. The topological polar surface area (TPSA) is 17.8 Å². The molecule has 0 aromatic carbocycles. The second-order valence-electron chi connectivity index (χ2n) is 1.69. The monoisotopic (exact) mass is 256 g/mol. The predicted molar refractivity (Wildman–Crippen MR) is 45.9 cm³/mol. The van der Waals surface area contributed by atoms with Gasteiger partial charge in [0.25, 0.3) is 0 Å². The summed E-state index contributed by atoms with van der Waals surface area (Å²) in [5, 5.41) is 0.696. The molecule has 0 unspecified atom stereocenters. The molecule has 2 nitrogen and oxygen atoms in total. The molecule has 0 aliphatic rings. The Morgan fingerprint density at radius 1 is 1.89 bits per heavy atom. The number of rotatable bonds is 1. The van der Waals surface area contributed by atoms with E-state index in [0.717, 1.165) is 10.3 Å². The van der Waals surface area contributed by atoms with E-state index in [4.69, 9.17) is 11.6 Å². The standard InChI is InChI=1S/C5H6ClIN2/c1-9-4(6)3-8-5(9)2-7/h3H,2H2,1H3. The third kappa shape index (κ3) is 1.38. The lowest BCUT2D eigenvalue weighted by Gasteiger charge is -1.95. The molecular weight excluding hydrogens is 250 g/mol. The van der Waals surface area contributed by atoms with E-state index in [2.05, 4.69) is 27.6 Å². The molecule has 0 amide bonds. The largest absolute Gasteiger partial charge is 0.322 e. The highest BCUT2D eigenvalue weighted by molar-refractivity contribution is 14.1. The molecule has 50 valence electrons. The van der Waals surface area contributed by atoms with Crippen LogP contribution in [0.4, 0.5) is 0 Å². The minimum Gasteiger partial charge on any atom is -0.322 e. The van der Waals surface area contributed by atoms with Gasteiger partial charge >= 0.3 is 0 Å². The number of imidazole rings is 1. The fourth-order valence-corrected chi connectivity index (χ4v) is 1.40. The van der Waals surface area contributed by atoms with Gasteiger partial charge in [-0.2, -0.15) is 0 Å². The molecule has 1 heterocycles. The van der Waals surface area contributed by atoms with Crippen molar-refractivity contribution in [2.75, 3.05) is 0 Å². The Morgan fingerprint density at radius 2 is 2.56 bits per heavy atom. The molecule has 0 atom stereocenters. The summed E-state index contributed by atoms with van der Waals surface area (Å²) in [6.07, 6.45) is 1.66. The molecule has 0 saturated heterocycles. The first kappa shape index (κ1) is 7.34. The lowest BCUT2D eigenvalue weighted by Crippen LogP contribution is -1.93. The van der Waals surface area contributed by atoms with E-state index in [1.807, 2.05) is 11.6 Å². The van der Waals surface area contributed by atoms with Crippen molar-refractivity contribution in [1.29, 1.82) is 0 Å². The minimum atomic E-state index is 0.696. The van der Waals surface area contributed by atoms with Crippen LogP contribution in [0.3, 0.4) is 0 Å². The Bertz CT molecular complexity index is 209. The maximum absolute atomic E-state index is 5.71. The van der Waals surface area contributed by atoms with Crippen molar-refractivity contribution in [3.63, 3.8) is 0 Å². The molecule has 4 heteroatoms. The summed E-state index contributed by atoms with van der Waals surface area (Å²) in [6, 6.07) is 0. The van der Waals surface area contributed by atoms with Crippen LogP contribution in [0.5, 0.6) is 0 Å². The Kier molecular flexibility index (Phi) is 2.35. The highest BCUT2D eigenvalue weighted by Crippen LogP contribution is 2.10. The van der Waals surface area contributed by atoms with Crippen molar-refractivity contribution in [2.45, 2.75) is 4.43 Å². The second kappa shape index (κ2) is 2.88. The fourth-order valence-electron chi connectivity index (χ4n) is 0.548. The number of aromatic nitrogens is 2. The first-order valence-corrected chi connectivity index (χ1v) is 4.38. The van der Waals surface area contributed by atoms with E-state index in [-0.39, 0.29) is 0 Å². The third-order valence-corrected chi connectivity index (χ3v) is 2.18. The van der Waals surface area contributed by atoms with Crippen molar-refractivity contribution < 1.29 is 0 Å². The first-order valence-electron chi connectivity index (χ1n) is 2.47. The van der Waals surface area contributed by atoms with Crippen molar-refractivity contribution in [2.24, 2.45) is 7.05 Å². The Labute approximate surface area is 72.4 Å². The zero-order chi connectivity index (χ0) is 6.85. The molecule has 0 fully saturated rings. The SMILES string of the molecule is Cn1c(Cl)cnc1CI. The molecule has 1 rings (SSSR count). The number of halogens is 2. The summed E-state index contributed by atoms with van der Waals surface area (Å²) < 4.78 is 2.77. The van der Waals surface area contributed by atoms with E-state index in [1.165, 1.54) is 0 Å². The van der Waals surface area contributed by atoms with Crippen molar-refractivity contribution in [1.82, 2.24) is 9.55 Å². The molecule has 0 aliphatic carbocycles. The van der Waals surface area contributed by atoms with Gasteiger partial charge in [0.1, 0.15) is 11.0 Å². The van der Waals surface area contributed by atoms with Crippen LogP contribution in [0.25, 0.3) is 0 Å². The van der Waals surface area contributed by atoms with Gasteiger partial charge in [-0.05, 0) is 0 Å². The molecule has 1 aromatic heterocycles. The highest BCUT2D eigenvalue weighted by Gasteiger charge is 1.99. The van der Waals surface area contributed by atoms with Gasteiger partial charge < -0.3 is 4.57 Å². The zero-order valence-corrected chi connectivity index (χ0v) is 7.85. The molecule has 0 aliphatic heterocycles. The predicted octanol–water partition coefficient (Wildman–Crippen LogP) is 2.01. The molecule has 0 radical (unpaired) electrons. The van der Waals surface area contributed by atoms with Gasteiger partial charge in [0.15, 0.2) is 0 Å². The van der Waals surface area contributed by atoms with Crippen LogP contribution in [-0.2, 0) is 11.5 Å². The Morgan fingerprint density at radius 3 is 2.78 bits per heavy atom. The van der Waals surface area contributed by atoms with E-state index < -0.39 is 0 Å². The van der Waals surface area contributed by atoms with Gasteiger partial charge in [0.05, 0.1) is 10.6 Å². The minimum absolute atomic E-state index is 0.696. The Balaban J connectivity index is 3.04. The average molecular weight is 256 g/mol. The van der Waals surface area contributed by atoms with Crippen LogP contribution in [-0.4, -0.2) is 9.55 Å². The Hall–Kier alpha value is 0.230. The van der Waals surface area contributed by atoms with E-state index >= 15 is 0 Å². The first-order chi connectivity index (χ1) is 4.25. The summed E-state index contributed by atoms with van der Waals surface area (Å²) in [5.41, 5.74) is 0. The van der Waals surface area contributed by atoms with Gasteiger partial charge in [0.2, 0.25) is 0 Å². The molecule has 1 aromatic rings. The van der Waals surface area contributed by atoms with Crippen molar-refractivity contribution >= 4 is 34.2 Å². The number of hydrogen-bond acceptors (Lipinski definition) is 1. The summed E-state index contributed by atoms with van der Waals surface area (Å²) in [5.74, 6) is 1.01. The molecule has 0 bridgehead atoms. The number of hydrogen-bond donors (Lipinski definition) is 0. The molecule has 9 heavy (non-hydrogen) atoms. The van der Waals surface area contributed by atoms with Gasteiger partial charge in [-0.15, -0.1) is 0 Å². The molecule has 0 saturated carbocycles. The summed E-state index contributed by atoms with van der Waals surface area (Å²) in [4.78, 5) is 4.06. The third-order valence-electron chi connectivity index (χ3n) is 1.15. The van der Waals surface area contributed by atoms with Gasteiger partial charge in [-0.3, -0.25) is 0 Å². The van der Waals surface area contributed by atoms with E-state index in [1.54, 1.807) is 6.20 Å². The zero-order valence-electron chi connectivity index (χ0n) is 4.93. The molecule has 0 N–H and O–H groups in total. The summed E-state index contributed by atoms with van der Waals surface area (Å²) >= 11 is 7.96. The fraction of sp³-hybridized carbons (Fsp3) is 0.400. The number of alkyl halides is 1. The highest BCUT2D eigenvalue weighted by atomic mass is 127. The van der Waals surface area contributed by atoms with Crippen LogP contribution in [0.1, 0.15) is 5.82 Å². The van der Waals surface area contributed by atoms with Gasteiger partial charge in [0, 0.05) is 7.05 Å². The van der Waals surface area contributed by atoms with E-state index in [0.29, 0.717) is 5.15 Å². The average Bonchev–Trinajstić information content (AvgIpc) is 2.15. The van der Waals surface area contributed by atoms with Gasteiger partial charge in [-0.25, -0.2) is 4.98 Å². The quantitative estimate of drug-likeness (QED) is 0.555. The van der Waals surface area contributed by atoms with Crippen LogP contribution >= 0.6 is 34.2 Å². The van der Waals surface area contributed by atoms with Gasteiger partial charge in [-0.1, -0.05) is 34.2 Å². The van der Waals surface area contributed by atoms with Crippen molar-refractivity contribution in [3.05, 3.63) is 17.2 Å². The maximum Gasteiger partial charge on any atom is 0.128 e. The normalized spacial score (nSPS) is 10.1. The van der Waals surface area contributed by atoms with Crippen LogP contribution in [0, 0.1) is 0 Å². The van der Waals surface area contributed by atoms with Crippen LogP contribution in [0.2, 0.25) is 5.15 Å².